The Balaban J connectivity index is 2.26. The van der Waals surface area contributed by atoms with Crippen LogP contribution < -0.4 is 11.5 Å². The molecule has 5 nitrogen and oxygen atoms in total. The van der Waals surface area contributed by atoms with Gasteiger partial charge in [0.25, 0.3) is 0 Å². The number of nitrogen functional groups attached to an aromatic ring is 1. The standard InChI is InChI=1S/C15H16N2O3/c16-12-3-1-2-9-4-5-10(8-11(9)12)15(20)13(17)6-7-14(18)19/h1-5,8,13H,6-7,16-17H2,(H,18,19)/t13-/m0/s1. The van der Waals surface area contributed by atoms with Crippen molar-refractivity contribution in [1.29, 1.82) is 0 Å². The molecule has 0 fully saturated rings. The maximum atomic E-state index is 12.2. The number of ketones is 1. The van der Waals surface area contributed by atoms with E-state index in [0.717, 1.165) is 10.8 Å². The zero-order chi connectivity index (χ0) is 14.7. The molecule has 5 N–H and O–H groups in total. The number of fused-ring (bicyclic) bond motifs is 1. The highest BCUT2D eigenvalue weighted by Crippen LogP contribution is 2.22. The summed E-state index contributed by atoms with van der Waals surface area (Å²) < 4.78 is 0. The first-order chi connectivity index (χ1) is 9.49. The van der Waals surface area contributed by atoms with E-state index in [9.17, 15) is 9.59 Å². The van der Waals surface area contributed by atoms with Crippen molar-refractivity contribution in [2.24, 2.45) is 5.73 Å². The van der Waals surface area contributed by atoms with Crippen LogP contribution in [0.1, 0.15) is 23.2 Å². The Hall–Kier alpha value is -2.40. The van der Waals surface area contributed by atoms with Gasteiger partial charge in [-0.05, 0) is 23.9 Å². The molecule has 0 aromatic heterocycles. The summed E-state index contributed by atoms with van der Waals surface area (Å²) in [4.78, 5) is 22.7. The Kier molecular flexibility index (Phi) is 4.00. The highest BCUT2D eigenvalue weighted by molar-refractivity contribution is 6.05. The fraction of sp³-hybridized carbons (Fsp3) is 0.200. The third-order valence-electron chi connectivity index (χ3n) is 3.21. The SMILES string of the molecule is Nc1cccc2ccc(C(=O)[C@@H](N)CCC(=O)O)cc12. The number of benzene rings is 2. The van der Waals surface area contributed by atoms with Crippen LogP contribution in [-0.2, 0) is 4.79 Å². The summed E-state index contributed by atoms with van der Waals surface area (Å²) in [5.41, 5.74) is 12.7. The Labute approximate surface area is 116 Å². The molecule has 104 valence electrons. The molecule has 0 aliphatic heterocycles. The number of carboxylic acid groups (broad SMARTS) is 1. The summed E-state index contributed by atoms with van der Waals surface area (Å²) in [6.07, 6.45) is -0.000890. The number of carbonyl (C=O) groups is 2. The van der Waals surface area contributed by atoms with E-state index in [-0.39, 0.29) is 18.6 Å². The second kappa shape index (κ2) is 5.71. The molecule has 0 amide bonds. The number of hydrogen-bond acceptors (Lipinski definition) is 4. The first kappa shape index (κ1) is 14.0. The molecule has 2 rings (SSSR count). The summed E-state index contributed by atoms with van der Waals surface area (Å²) in [6.45, 7) is 0. The largest absolute Gasteiger partial charge is 0.481 e. The highest BCUT2D eigenvalue weighted by Gasteiger charge is 2.17. The van der Waals surface area contributed by atoms with E-state index in [2.05, 4.69) is 0 Å². The van der Waals surface area contributed by atoms with Crippen molar-refractivity contribution in [1.82, 2.24) is 0 Å². The molecule has 0 aliphatic carbocycles. The van der Waals surface area contributed by atoms with Gasteiger partial charge in [0.05, 0.1) is 6.04 Å². The Morgan fingerprint density at radius 1 is 1.20 bits per heavy atom. The predicted molar refractivity (Wildman–Crippen MR) is 77.5 cm³/mol. The fourth-order valence-electron chi connectivity index (χ4n) is 2.07. The Morgan fingerprint density at radius 3 is 2.65 bits per heavy atom. The van der Waals surface area contributed by atoms with Crippen molar-refractivity contribution in [3.05, 3.63) is 42.0 Å². The van der Waals surface area contributed by atoms with Crippen molar-refractivity contribution in [3.8, 4) is 0 Å². The van der Waals surface area contributed by atoms with Crippen LogP contribution in [-0.4, -0.2) is 22.9 Å². The quantitative estimate of drug-likeness (QED) is 0.568. The van der Waals surface area contributed by atoms with E-state index in [1.54, 1.807) is 18.2 Å². The molecule has 2 aromatic carbocycles. The molecule has 0 radical (unpaired) electrons. The number of hydrogen-bond donors (Lipinski definition) is 3. The zero-order valence-corrected chi connectivity index (χ0v) is 10.9. The van der Waals surface area contributed by atoms with Gasteiger partial charge >= 0.3 is 5.97 Å². The van der Waals surface area contributed by atoms with Crippen LogP contribution in [0.3, 0.4) is 0 Å². The molecule has 20 heavy (non-hydrogen) atoms. The molecule has 0 heterocycles. The molecule has 5 heteroatoms. The lowest BCUT2D eigenvalue weighted by Crippen LogP contribution is -2.31. The van der Waals surface area contributed by atoms with Crippen molar-refractivity contribution in [2.45, 2.75) is 18.9 Å². The van der Waals surface area contributed by atoms with Gasteiger partial charge in [-0.25, -0.2) is 0 Å². The second-order valence-corrected chi connectivity index (χ2v) is 4.69. The highest BCUT2D eigenvalue weighted by atomic mass is 16.4. The van der Waals surface area contributed by atoms with Gasteiger partial charge in [0.1, 0.15) is 0 Å². The lowest BCUT2D eigenvalue weighted by Gasteiger charge is -2.10. The third-order valence-corrected chi connectivity index (χ3v) is 3.21. The molecular weight excluding hydrogens is 256 g/mol. The second-order valence-electron chi connectivity index (χ2n) is 4.69. The summed E-state index contributed by atoms with van der Waals surface area (Å²) >= 11 is 0. The molecule has 0 aliphatic rings. The van der Waals surface area contributed by atoms with Crippen molar-refractivity contribution in [3.63, 3.8) is 0 Å². The average Bonchev–Trinajstić information content (AvgIpc) is 2.44. The minimum absolute atomic E-state index is 0.122. The average molecular weight is 272 g/mol. The van der Waals surface area contributed by atoms with E-state index in [1.807, 2.05) is 18.2 Å². The van der Waals surface area contributed by atoms with Crippen molar-refractivity contribution < 1.29 is 14.7 Å². The van der Waals surface area contributed by atoms with Crippen LogP contribution in [0.15, 0.2) is 36.4 Å². The number of rotatable bonds is 5. The monoisotopic (exact) mass is 272 g/mol. The first-order valence-corrected chi connectivity index (χ1v) is 6.29. The van der Waals surface area contributed by atoms with E-state index in [4.69, 9.17) is 16.6 Å². The first-order valence-electron chi connectivity index (χ1n) is 6.29. The molecule has 2 aromatic rings. The van der Waals surface area contributed by atoms with Crippen LogP contribution >= 0.6 is 0 Å². The minimum Gasteiger partial charge on any atom is -0.481 e. The predicted octanol–water partition coefficient (Wildman–Crippen LogP) is 1.80. The zero-order valence-electron chi connectivity index (χ0n) is 10.9. The van der Waals surface area contributed by atoms with Crippen molar-refractivity contribution >= 4 is 28.2 Å². The molecule has 0 spiro atoms. The smallest absolute Gasteiger partial charge is 0.303 e. The van der Waals surface area contributed by atoms with Gasteiger partial charge in [-0.3, -0.25) is 9.59 Å². The van der Waals surface area contributed by atoms with Crippen LogP contribution in [0.4, 0.5) is 5.69 Å². The lowest BCUT2D eigenvalue weighted by molar-refractivity contribution is -0.137. The summed E-state index contributed by atoms with van der Waals surface area (Å²) in [6, 6.07) is 9.90. The van der Waals surface area contributed by atoms with Gasteiger partial charge in [0.15, 0.2) is 5.78 Å². The number of carbonyl (C=O) groups excluding carboxylic acids is 1. The van der Waals surface area contributed by atoms with Gasteiger partial charge in [-0.1, -0.05) is 24.3 Å². The summed E-state index contributed by atoms with van der Waals surface area (Å²) in [5.74, 6) is -1.23. The van der Waals surface area contributed by atoms with Gasteiger partial charge in [-0.2, -0.15) is 0 Å². The van der Waals surface area contributed by atoms with Gasteiger partial charge in [0, 0.05) is 23.1 Å². The number of Topliss-reactive ketones (excluding diaryl/α,β-unsaturated/α-hetero) is 1. The van der Waals surface area contributed by atoms with E-state index in [0.29, 0.717) is 11.3 Å². The van der Waals surface area contributed by atoms with Gasteiger partial charge in [0.2, 0.25) is 0 Å². The number of aliphatic carboxylic acids is 1. The van der Waals surface area contributed by atoms with E-state index >= 15 is 0 Å². The Morgan fingerprint density at radius 2 is 1.95 bits per heavy atom. The number of anilines is 1. The van der Waals surface area contributed by atoms with Crippen LogP contribution in [0, 0.1) is 0 Å². The van der Waals surface area contributed by atoms with Crippen LogP contribution in [0.25, 0.3) is 10.8 Å². The molecule has 0 saturated heterocycles. The third kappa shape index (κ3) is 2.95. The van der Waals surface area contributed by atoms with Crippen LogP contribution in [0.5, 0.6) is 0 Å². The molecule has 0 saturated carbocycles. The van der Waals surface area contributed by atoms with Gasteiger partial charge in [-0.15, -0.1) is 0 Å². The topological polar surface area (TPSA) is 106 Å². The molecule has 0 unspecified atom stereocenters. The summed E-state index contributed by atoms with van der Waals surface area (Å²) in [5, 5.41) is 10.3. The van der Waals surface area contributed by atoms with Gasteiger partial charge < -0.3 is 16.6 Å². The maximum absolute atomic E-state index is 12.2. The lowest BCUT2D eigenvalue weighted by atomic mass is 9.98. The number of nitrogens with two attached hydrogens (primary N) is 2. The Bertz CT molecular complexity index is 667. The maximum Gasteiger partial charge on any atom is 0.303 e. The van der Waals surface area contributed by atoms with E-state index < -0.39 is 12.0 Å². The van der Waals surface area contributed by atoms with Crippen LogP contribution in [0.2, 0.25) is 0 Å². The summed E-state index contributed by atoms with van der Waals surface area (Å²) in [7, 11) is 0. The normalized spacial score (nSPS) is 12.2. The molecule has 1 atom stereocenters. The fourth-order valence-corrected chi connectivity index (χ4v) is 2.07. The minimum atomic E-state index is -0.962. The molecular formula is C15H16N2O3. The molecule has 0 bridgehead atoms. The van der Waals surface area contributed by atoms with Crippen molar-refractivity contribution in [2.75, 3.05) is 5.73 Å². The van der Waals surface area contributed by atoms with E-state index in [1.165, 1.54) is 0 Å². The number of carboxylic acids is 1.